The van der Waals surface area contributed by atoms with Crippen LogP contribution < -0.4 is 0 Å². The summed E-state index contributed by atoms with van der Waals surface area (Å²) in [5.74, 6) is -0.526. The Hall–Kier alpha value is -1.16. The molecule has 0 amide bonds. The van der Waals surface area contributed by atoms with Crippen LogP contribution in [0.5, 0.6) is 0 Å². The van der Waals surface area contributed by atoms with Crippen molar-refractivity contribution < 1.29 is 19.8 Å². The minimum Gasteiger partial charge on any atom is -0.481 e. The third-order valence-electron chi connectivity index (χ3n) is 3.65. The van der Waals surface area contributed by atoms with Crippen molar-refractivity contribution in [2.45, 2.75) is 90.1 Å². The molecule has 0 bridgehead atoms. The second kappa shape index (κ2) is 14.8. The van der Waals surface area contributed by atoms with Crippen molar-refractivity contribution >= 4 is 11.8 Å². The second-order valence-electron chi connectivity index (χ2n) is 5.90. The van der Waals surface area contributed by atoms with Gasteiger partial charge in [-0.3, -0.25) is 9.59 Å². The molecule has 0 radical (unpaired) electrons. The largest absolute Gasteiger partial charge is 0.481 e. The first-order valence-corrected chi connectivity index (χ1v) is 8.64. The standard InChI is InChI=1S/C18H32O4/c1-2-3-7-11-16(19)13-10-14-17(20)12-8-5-4-6-9-15-18(21)22/h10,13,16,19H,2-9,11-12,14-15H2,1H3,(H,21,22). The van der Waals surface area contributed by atoms with Gasteiger partial charge in [0.05, 0.1) is 6.10 Å². The molecule has 4 heteroatoms. The normalized spacial score (nSPS) is 12.6. The van der Waals surface area contributed by atoms with E-state index >= 15 is 0 Å². The zero-order valence-corrected chi connectivity index (χ0v) is 13.9. The Labute approximate surface area is 134 Å². The first kappa shape index (κ1) is 20.8. The number of allylic oxidation sites excluding steroid dienone is 1. The molecule has 22 heavy (non-hydrogen) atoms. The number of aliphatic hydroxyl groups excluding tert-OH is 1. The van der Waals surface area contributed by atoms with E-state index in [2.05, 4.69) is 6.92 Å². The Bertz CT molecular complexity index is 323. The summed E-state index contributed by atoms with van der Waals surface area (Å²) >= 11 is 0. The van der Waals surface area contributed by atoms with Gasteiger partial charge in [-0.15, -0.1) is 0 Å². The summed E-state index contributed by atoms with van der Waals surface area (Å²) in [5, 5.41) is 18.2. The molecule has 0 aromatic carbocycles. The fourth-order valence-electron chi connectivity index (χ4n) is 2.29. The molecule has 0 spiro atoms. The molecule has 0 saturated carbocycles. The molecule has 128 valence electrons. The predicted molar refractivity (Wildman–Crippen MR) is 88.9 cm³/mol. The summed E-state index contributed by atoms with van der Waals surface area (Å²) in [6.07, 6.45) is 12.9. The Morgan fingerprint density at radius 1 is 0.955 bits per heavy atom. The van der Waals surface area contributed by atoms with Gasteiger partial charge in [0.15, 0.2) is 0 Å². The fourth-order valence-corrected chi connectivity index (χ4v) is 2.29. The molecule has 1 atom stereocenters. The molecule has 2 N–H and O–H groups in total. The van der Waals surface area contributed by atoms with Gasteiger partial charge in [0.1, 0.15) is 5.78 Å². The molecule has 1 unspecified atom stereocenters. The fraction of sp³-hybridized carbons (Fsp3) is 0.778. The van der Waals surface area contributed by atoms with Crippen molar-refractivity contribution in [2.24, 2.45) is 0 Å². The van der Waals surface area contributed by atoms with Crippen molar-refractivity contribution in [3.8, 4) is 0 Å². The van der Waals surface area contributed by atoms with Crippen LogP contribution in [0.2, 0.25) is 0 Å². The Balaban J connectivity index is 3.47. The van der Waals surface area contributed by atoms with Gasteiger partial charge in [0, 0.05) is 19.3 Å². The van der Waals surface area contributed by atoms with E-state index in [1.54, 1.807) is 12.2 Å². The van der Waals surface area contributed by atoms with E-state index in [-0.39, 0.29) is 12.2 Å². The molecular formula is C18H32O4. The summed E-state index contributed by atoms with van der Waals surface area (Å²) in [6, 6.07) is 0. The van der Waals surface area contributed by atoms with Gasteiger partial charge >= 0.3 is 5.97 Å². The van der Waals surface area contributed by atoms with Crippen LogP contribution >= 0.6 is 0 Å². The molecule has 0 aliphatic carbocycles. The number of carboxylic acids is 1. The highest BCUT2D eigenvalue weighted by Crippen LogP contribution is 2.09. The summed E-state index contributed by atoms with van der Waals surface area (Å²) in [7, 11) is 0. The SMILES string of the molecule is CCCCCC(O)C=CCC(=O)CCCCCCCC(=O)O. The lowest BCUT2D eigenvalue weighted by atomic mass is 10.1. The lowest BCUT2D eigenvalue weighted by Gasteiger charge is -2.04. The quantitative estimate of drug-likeness (QED) is 0.350. The smallest absolute Gasteiger partial charge is 0.303 e. The Morgan fingerprint density at radius 3 is 2.23 bits per heavy atom. The van der Waals surface area contributed by atoms with Crippen LogP contribution in [-0.2, 0) is 9.59 Å². The van der Waals surface area contributed by atoms with E-state index in [9.17, 15) is 14.7 Å². The van der Waals surface area contributed by atoms with Crippen molar-refractivity contribution in [3.63, 3.8) is 0 Å². The van der Waals surface area contributed by atoms with Gasteiger partial charge in [-0.05, 0) is 19.3 Å². The Kier molecular flexibility index (Phi) is 14.0. The minimum atomic E-state index is -0.737. The summed E-state index contributed by atoms with van der Waals surface area (Å²) < 4.78 is 0. The second-order valence-corrected chi connectivity index (χ2v) is 5.90. The van der Waals surface area contributed by atoms with Crippen LogP contribution in [-0.4, -0.2) is 28.1 Å². The van der Waals surface area contributed by atoms with Gasteiger partial charge in [0.2, 0.25) is 0 Å². The van der Waals surface area contributed by atoms with Crippen LogP contribution in [0.25, 0.3) is 0 Å². The number of ketones is 1. The van der Waals surface area contributed by atoms with Crippen molar-refractivity contribution in [2.75, 3.05) is 0 Å². The van der Waals surface area contributed by atoms with E-state index < -0.39 is 12.1 Å². The van der Waals surface area contributed by atoms with Crippen molar-refractivity contribution in [3.05, 3.63) is 12.2 Å². The molecule has 0 aliphatic heterocycles. The molecule has 0 fully saturated rings. The number of rotatable bonds is 15. The van der Waals surface area contributed by atoms with Crippen LogP contribution in [0.4, 0.5) is 0 Å². The van der Waals surface area contributed by atoms with Crippen molar-refractivity contribution in [1.82, 2.24) is 0 Å². The zero-order chi connectivity index (χ0) is 16.6. The Morgan fingerprint density at radius 2 is 1.59 bits per heavy atom. The van der Waals surface area contributed by atoms with Gasteiger partial charge in [-0.1, -0.05) is 57.6 Å². The third-order valence-corrected chi connectivity index (χ3v) is 3.65. The molecule has 0 heterocycles. The number of hydrogen-bond donors (Lipinski definition) is 2. The van der Waals surface area contributed by atoms with E-state index in [4.69, 9.17) is 5.11 Å². The number of carboxylic acid groups (broad SMARTS) is 1. The minimum absolute atomic E-state index is 0.211. The van der Waals surface area contributed by atoms with E-state index in [0.29, 0.717) is 12.8 Å². The number of unbranched alkanes of at least 4 members (excludes halogenated alkanes) is 6. The van der Waals surface area contributed by atoms with E-state index in [1.165, 1.54) is 0 Å². The van der Waals surface area contributed by atoms with Crippen LogP contribution in [0.15, 0.2) is 12.2 Å². The first-order chi connectivity index (χ1) is 10.6. The molecule has 4 nitrogen and oxygen atoms in total. The maximum Gasteiger partial charge on any atom is 0.303 e. The number of Topliss-reactive ketones (excluding diaryl/α,β-unsaturated/α-hetero) is 1. The van der Waals surface area contributed by atoms with Gasteiger partial charge in [-0.25, -0.2) is 0 Å². The number of aliphatic hydroxyl groups is 1. The molecule has 0 saturated heterocycles. The summed E-state index contributed by atoms with van der Waals surface area (Å²) in [4.78, 5) is 22.0. The molecule has 0 aromatic rings. The first-order valence-electron chi connectivity index (χ1n) is 8.64. The van der Waals surface area contributed by atoms with E-state index in [0.717, 1.165) is 57.8 Å². The number of aliphatic carboxylic acids is 1. The third kappa shape index (κ3) is 15.2. The van der Waals surface area contributed by atoms with Crippen molar-refractivity contribution in [1.29, 1.82) is 0 Å². The van der Waals surface area contributed by atoms with Crippen LogP contribution in [0.3, 0.4) is 0 Å². The lowest BCUT2D eigenvalue weighted by molar-refractivity contribution is -0.137. The maximum atomic E-state index is 11.7. The average molecular weight is 312 g/mol. The maximum absolute atomic E-state index is 11.7. The highest BCUT2D eigenvalue weighted by Gasteiger charge is 2.02. The summed E-state index contributed by atoms with van der Waals surface area (Å²) in [6.45, 7) is 2.13. The monoisotopic (exact) mass is 312 g/mol. The topological polar surface area (TPSA) is 74.6 Å². The average Bonchev–Trinajstić information content (AvgIpc) is 2.46. The van der Waals surface area contributed by atoms with Gasteiger partial charge in [-0.2, -0.15) is 0 Å². The number of carbonyl (C=O) groups excluding carboxylic acids is 1. The molecule has 0 aliphatic rings. The van der Waals surface area contributed by atoms with E-state index in [1.807, 2.05) is 0 Å². The van der Waals surface area contributed by atoms with Gasteiger partial charge < -0.3 is 10.2 Å². The van der Waals surface area contributed by atoms with Crippen LogP contribution in [0.1, 0.15) is 84.0 Å². The lowest BCUT2D eigenvalue weighted by Crippen LogP contribution is -2.02. The number of hydrogen-bond acceptors (Lipinski definition) is 3. The predicted octanol–water partition coefficient (Wildman–Crippen LogP) is 4.26. The molecular weight excluding hydrogens is 280 g/mol. The number of carbonyl (C=O) groups is 2. The molecule has 0 aromatic heterocycles. The highest BCUT2D eigenvalue weighted by atomic mass is 16.4. The van der Waals surface area contributed by atoms with Crippen LogP contribution in [0, 0.1) is 0 Å². The zero-order valence-electron chi connectivity index (χ0n) is 13.9. The highest BCUT2D eigenvalue weighted by molar-refractivity contribution is 5.79. The van der Waals surface area contributed by atoms with Gasteiger partial charge in [0.25, 0.3) is 0 Å². The molecule has 0 rings (SSSR count). The summed E-state index contributed by atoms with van der Waals surface area (Å²) in [5.41, 5.74) is 0.